The quantitative estimate of drug-likeness (QED) is 0.0202. The molecule has 0 saturated carbocycles. The van der Waals surface area contributed by atoms with Crippen LogP contribution in [0.4, 0.5) is 0 Å². The number of rotatable bonds is 67. The van der Waals surface area contributed by atoms with Crippen LogP contribution < -0.4 is 26.6 Å². The summed E-state index contributed by atoms with van der Waals surface area (Å²) >= 11 is 0. The highest BCUT2D eigenvalue weighted by molar-refractivity contribution is 5.78. The van der Waals surface area contributed by atoms with E-state index in [4.69, 9.17) is 66.3 Å². The predicted molar refractivity (Wildman–Crippen MR) is 502 cm³/mol. The summed E-state index contributed by atoms with van der Waals surface area (Å²) in [6, 6.07) is -9.17. The van der Waals surface area contributed by atoms with Gasteiger partial charge in [0.15, 0.2) is 31.5 Å². The third-order valence-electron chi connectivity index (χ3n) is 27.6. The van der Waals surface area contributed by atoms with Gasteiger partial charge in [0.05, 0.1) is 89.3 Å². The van der Waals surface area contributed by atoms with Gasteiger partial charge in [0, 0.05) is 47.0 Å². The minimum Gasteiger partial charge on any atom is -0.477 e. The summed E-state index contributed by atoms with van der Waals surface area (Å²) in [5, 5.41) is 276. The molecule has 842 valence electrons. The molecule has 7 aliphatic heterocycles. The van der Waals surface area contributed by atoms with E-state index in [2.05, 4.69) is 40.4 Å². The van der Waals surface area contributed by atoms with Gasteiger partial charge >= 0.3 is 11.9 Å². The van der Waals surface area contributed by atoms with E-state index in [1.165, 1.54) is 122 Å². The summed E-state index contributed by atoms with van der Waals surface area (Å²) in [5.41, 5.74) is 0. The minimum atomic E-state index is -3.56. The van der Waals surface area contributed by atoms with Gasteiger partial charge in [-0.15, -0.1) is 0 Å². The average molecular weight is 2100 g/mol. The van der Waals surface area contributed by atoms with Crippen LogP contribution in [-0.2, 0) is 99.9 Å². The number of aliphatic hydroxyl groups excluding tert-OH is 21. The first kappa shape index (κ1) is 127. The SMILES string of the molecule is CCCCCCCCCCCCC/C=C/[C@@H](O)[C@H](CO[C@@H]1OC(CO)[C@@H](O[C@@H]2OC(CO)[C@H](O[C@@H]3OC(CO)[C@H](O)[C@H](O[C@@H]4OC(CO)[C@H](O[C@@H]5OC(CO)[C@H](O)[C@H](O)C5NC(C)=O)[C@H](O[C@]5(C(=O)O)CC(O)[C@@H](NC(C)=O)C([C@H](O)[C@H](O)CO)O5)C4O)C3NC(C)=O)[C@H](O[C@]3(C(=O)O)CC(O)[C@@H](NC(C)=O)C([C@H](O)[C@H](O)CO)O3)C2O)[C@H](O)C1O)NC(=O)CCCCCCCCCCCCCCCCCCCCC. The fourth-order valence-corrected chi connectivity index (χ4v) is 19.5. The first-order chi connectivity index (χ1) is 69.2. The highest BCUT2D eigenvalue weighted by atomic mass is 16.8. The highest BCUT2D eigenvalue weighted by Crippen LogP contribution is 2.45. The van der Waals surface area contributed by atoms with Gasteiger partial charge in [-0.3, -0.25) is 24.0 Å². The number of ether oxygens (including phenoxy) is 14. The monoisotopic (exact) mass is 2100 g/mol. The fraction of sp³-hybridized carbons (Fsp3) is 0.906. The molecule has 14 unspecified atom stereocenters. The van der Waals surface area contributed by atoms with Gasteiger partial charge in [-0.05, 0) is 19.3 Å². The van der Waals surface area contributed by atoms with Crippen molar-refractivity contribution >= 4 is 41.5 Å². The number of carboxylic acids is 2. The number of nitrogens with one attached hydrogen (secondary N) is 5. The van der Waals surface area contributed by atoms with Crippen LogP contribution in [0, 0.1) is 0 Å². The van der Waals surface area contributed by atoms with Crippen LogP contribution in [0.15, 0.2) is 12.2 Å². The van der Waals surface area contributed by atoms with Gasteiger partial charge in [0.2, 0.25) is 29.5 Å². The Labute approximate surface area is 844 Å². The molecule has 39 atom stereocenters. The van der Waals surface area contributed by atoms with Crippen molar-refractivity contribution in [3.63, 3.8) is 0 Å². The van der Waals surface area contributed by atoms with Crippen molar-refractivity contribution < 1.29 is 217 Å². The van der Waals surface area contributed by atoms with Gasteiger partial charge in [-0.1, -0.05) is 206 Å². The second kappa shape index (κ2) is 64.6. The van der Waals surface area contributed by atoms with Crippen LogP contribution in [0.1, 0.15) is 260 Å². The van der Waals surface area contributed by atoms with E-state index < -0.39 is 345 Å². The van der Waals surface area contributed by atoms with Crippen molar-refractivity contribution in [2.24, 2.45) is 0 Å². The first-order valence-electron chi connectivity index (χ1n) is 51.7. The third-order valence-corrected chi connectivity index (χ3v) is 27.6. The van der Waals surface area contributed by atoms with Crippen LogP contribution in [0.2, 0.25) is 0 Å². The molecule has 0 spiro atoms. The van der Waals surface area contributed by atoms with Gasteiger partial charge in [-0.25, -0.2) is 9.59 Å². The molecule has 0 bridgehead atoms. The Bertz CT molecular complexity index is 3750. The van der Waals surface area contributed by atoms with E-state index in [9.17, 15) is 151 Å². The van der Waals surface area contributed by atoms with Crippen molar-refractivity contribution in [1.29, 1.82) is 0 Å². The average Bonchev–Trinajstić information content (AvgIpc) is 0.739. The van der Waals surface area contributed by atoms with Crippen molar-refractivity contribution in [2.45, 2.75) is 498 Å². The van der Waals surface area contributed by atoms with Crippen LogP contribution in [0.25, 0.3) is 0 Å². The number of allylic oxidation sites excluding steroid dienone is 1. The molecule has 0 aromatic carbocycles. The van der Waals surface area contributed by atoms with Crippen molar-refractivity contribution in [1.82, 2.24) is 26.6 Å². The molecule has 0 radical (unpaired) electrons. The lowest BCUT2D eigenvalue weighted by atomic mass is 9.88. The maximum absolute atomic E-state index is 14.2. The molecule has 28 N–H and O–H groups in total. The van der Waals surface area contributed by atoms with E-state index in [1.54, 1.807) is 6.08 Å². The molecule has 0 aromatic rings. The van der Waals surface area contributed by atoms with Crippen LogP contribution in [0.3, 0.4) is 0 Å². The number of aliphatic hydroxyl groups is 21. The summed E-state index contributed by atoms with van der Waals surface area (Å²) in [5.74, 6) is -16.0. The maximum atomic E-state index is 14.2. The summed E-state index contributed by atoms with van der Waals surface area (Å²) in [4.78, 5) is 94.0. The zero-order valence-electron chi connectivity index (χ0n) is 84.1. The molecular formula is C96H169N5O44. The minimum absolute atomic E-state index is 0.0746. The molecule has 5 amide bonds. The van der Waals surface area contributed by atoms with Crippen molar-refractivity contribution in [3.8, 4) is 0 Å². The molecule has 7 rings (SSSR count). The second-order valence-electron chi connectivity index (χ2n) is 39.2. The highest BCUT2D eigenvalue weighted by Gasteiger charge is 2.65. The Morgan fingerprint density at radius 2 is 0.690 bits per heavy atom. The van der Waals surface area contributed by atoms with E-state index in [0.717, 1.165) is 98.3 Å². The lowest BCUT2D eigenvalue weighted by Crippen LogP contribution is -2.73. The Morgan fingerprint density at radius 1 is 0.359 bits per heavy atom. The maximum Gasteiger partial charge on any atom is 0.364 e. The number of carbonyl (C=O) groups is 7. The van der Waals surface area contributed by atoms with E-state index in [0.29, 0.717) is 12.8 Å². The number of carbonyl (C=O) groups excluding carboxylic acids is 5. The molecule has 145 heavy (non-hydrogen) atoms. The van der Waals surface area contributed by atoms with Crippen molar-refractivity contribution in [2.75, 3.05) is 52.9 Å². The summed E-state index contributed by atoms with van der Waals surface area (Å²) in [7, 11) is 0. The number of hydrogen-bond acceptors (Lipinski definition) is 42. The number of hydrogen-bond donors (Lipinski definition) is 28. The van der Waals surface area contributed by atoms with E-state index in [1.807, 2.05) is 0 Å². The standard InChI is InChI=1S/C96H169N5O44/c1-7-9-11-13-15-17-19-21-22-23-24-25-26-28-30-32-34-36-38-40-66(118)101-55(56(113)39-37-35-33-31-29-27-20-18-16-14-12-10-8-2)50-132-90-77(125)76(124)80(63(47-106)135-90)138-91-78(126)86(144-95(93(128)129)41-57(114)67(97-51(3)109)84(142-95)71(119)59(116)43-102)82(65(49-108)136-91)140-89-70(100-54(6)112)83(74(122)62(46-105)134-89)141-92-79(127)87(81(64(48-107)137-92)139-88-69(99-53(5)111)75(123)73(121)61(45-104)133-88)145-96(94(130)131)42-58(115)68(98-52(4)110)85(143-96)72(120)60(117)44-103/h37,39,55-65,67-92,102-108,113-117,119-127H,7-36,38,40-50H2,1-6H3,(H,97,109)(H,98,110)(H,99,111)(H,100,112)(H,101,118)(H,128,129)(H,130,131)/b39-37+/t55-,56+,57?,58?,59+,60+,61?,62?,63?,64?,65?,67+,68+,69?,70?,71+,72+,73-,74-,75+,76+,77?,78?,79?,80+,81-,82-,83+,84?,85?,86+,87+,88-,89-,90+,91-,92-,95-,96-/m0/s1. The Hall–Kier alpha value is -5.37. The summed E-state index contributed by atoms with van der Waals surface area (Å²) in [6.07, 6.45) is -38.1. The van der Waals surface area contributed by atoms with Gasteiger partial charge in [0.1, 0.15) is 159 Å². The smallest absolute Gasteiger partial charge is 0.364 e. The molecule has 49 heteroatoms. The van der Waals surface area contributed by atoms with Crippen LogP contribution >= 0.6 is 0 Å². The molecular weight excluding hydrogens is 1930 g/mol. The first-order valence-corrected chi connectivity index (χ1v) is 51.7. The van der Waals surface area contributed by atoms with E-state index in [-0.39, 0.29) is 6.42 Å². The molecule has 7 heterocycles. The third kappa shape index (κ3) is 37.2. The predicted octanol–water partition coefficient (Wildman–Crippen LogP) is -4.34. The lowest BCUT2D eigenvalue weighted by molar-refractivity contribution is -0.408. The van der Waals surface area contributed by atoms with Crippen molar-refractivity contribution in [3.05, 3.63) is 12.2 Å². The second-order valence-corrected chi connectivity index (χ2v) is 39.2. The molecule has 0 aliphatic carbocycles. The van der Waals surface area contributed by atoms with Crippen LogP contribution in [-0.4, -0.2) is 450 Å². The van der Waals surface area contributed by atoms with Gasteiger partial charge in [0.25, 0.3) is 11.6 Å². The number of aliphatic carboxylic acids is 2. The van der Waals surface area contributed by atoms with Crippen LogP contribution in [0.5, 0.6) is 0 Å². The Morgan fingerprint density at radius 3 is 1.07 bits per heavy atom. The summed E-state index contributed by atoms with van der Waals surface area (Å²) < 4.78 is 86.0. The topological polar surface area (TPSA) is 774 Å². The number of carboxylic acid groups (broad SMARTS) is 2. The number of unbranched alkanes of at least 4 members (excludes halogenated alkanes) is 29. The van der Waals surface area contributed by atoms with Gasteiger partial charge in [-0.2, -0.15) is 0 Å². The summed E-state index contributed by atoms with van der Waals surface area (Å²) in [6.45, 7) is -1.54. The zero-order chi connectivity index (χ0) is 107. The fourth-order valence-electron chi connectivity index (χ4n) is 19.5. The molecule has 49 nitrogen and oxygen atoms in total. The largest absolute Gasteiger partial charge is 0.477 e. The van der Waals surface area contributed by atoms with Gasteiger partial charge < -0.3 is 210 Å². The van der Waals surface area contributed by atoms with E-state index >= 15 is 0 Å². The molecule has 0 aromatic heterocycles. The normalized spacial score (nSPS) is 35.4. The molecule has 7 saturated heterocycles. The Balaban J connectivity index is 1.20. The molecule has 7 aliphatic rings. The molecule has 7 fully saturated rings. The zero-order valence-corrected chi connectivity index (χ0v) is 84.1. The Kier molecular flexibility index (Phi) is 56.4. The lowest BCUT2D eigenvalue weighted by Gasteiger charge is -2.53. The number of amides is 5.